The highest BCUT2D eigenvalue weighted by atomic mass is 16.1. The lowest BCUT2D eigenvalue weighted by Crippen LogP contribution is -2.12. The van der Waals surface area contributed by atoms with Crippen LogP contribution in [0, 0.1) is 0 Å². The lowest BCUT2D eigenvalue weighted by molar-refractivity contribution is 0.104. The van der Waals surface area contributed by atoms with Crippen LogP contribution in [0.5, 0.6) is 0 Å². The first-order chi connectivity index (χ1) is 6.83. The summed E-state index contributed by atoms with van der Waals surface area (Å²) in [6.45, 7) is 3.53. The van der Waals surface area contributed by atoms with Gasteiger partial charge in [-0.1, -0.05) is 37.3 Å². The molecule has 0 N–H and O–H groups in total. The van der Waals surface area contributed by atoms with Gasteiger partial charge in [-0.25, -0.2) is 0 Å². The van der Waals surface area contributed by atoms with Crippen molar-refractivity contribution in [1.82, 2.24) is 0 Å². The molecule has 0 radical (unpaired) electrons. The standard InChI is InChI=1S/C13H14O/c1-2-13(14)12-9-4-3-8-11(12)10-6-5-7-10/h2-4,8-10H,1,5-7H2. The molecule has 0 bridgehead atoms. The van der Waals surface area contributed by atoms with E-state index in [0.29, 0.717) is 5.92 Å². The number of hydrogen-bond acceptors (Lipinski definition) is 1. The molecule has 0 saturated heterocycles. The fraction of sp³-hybridized carbons (Fsp3) is 0.308. The van der Waals surface area contributed by atoms with E-state index in [1.165, 1.54) is 30.9 Å². The van der Waals surface area contributed by atoms with Crippen molar-refractivity contribution in [2.75, 3.05) is 0 Å². The second-order valence-corrected chi connectivity index (χ2v) is 3.78. The third-order valence-corrected chi connectivity index (χ3v) is 2.96. The summed E-state index contributed by atoms with van der Waals surface area (Å²) in [5, 5.41) is 0. The van der Waals surface area contributed by atoms with Gasteiger partial charge in [-0.05, 0) is 30.4 Å². The Hall–Kier alpha value is -1.37. The van der Waals surface area contributed by atoms with E-state index in [4.69, 9.17) is 0 Å². The highest BCUT2D eigenvalue weighted by Gasteiger charge is 2.22. The van der Waals surface area contributed by atoms with Gasteiger partial charge in [-0.15, -0.1) is 0 Å². The predicted octanol–water partition coefficient (Wildman–Crippen LogP) is 3.32. The average Bonchev–Trinajstić information content (AvgIpc) is 2.15. The first kappa shape index (κ1) is 9.20. The van der Waals surface area contributed by atoms with Gasteiger partial charge in [0, 0.05) is 5.56 Å². The van der Waals surface area contributed by atoms with Crippen molar-refractivity contribution < 1.29 is 4.79 Å². The number of carbonyl (C=O) groups is 1. The van der Waals surface area contributed by atoms with E-state index < -0.39 is 0 Å². The number of carbonyl (C=O) groups excluding carboxylic acids is 1. The molecule has 1 nitrogen and oxygen atoms in total. The van der Waals surface area contributed by atoms with Crippen molar-refractivity contribution in [2.45, 2.75) is 25.2 Å². The zero-order chi connectivity index (χ0) is 9.97. The molecule has 0 aliphatic heterocycles. The summed E-state index contributed by atoms with van der Waals surface area (Å²) < 4.78 is 0. The highest BCUT2D eigenvalue weighted by Crippen LogP contribution is 2.37. The zero-order valence-corrected chi connectivity index (χ0v) is 8.20. The van der Waals surface area contributed by atoms with Crippen molar-refractivity contribution in [2.24, 2.45) is 0 Å². The molecule has 2 rings (SSSR count). The number of rotatable bonds is 3. The maximum atomic E-state index is 11.6. The van der Waals surface area contributed by atoms with Gasteiger partial charge in [-0.2, -0.15) is 0 Å². The number of ketones is 1. The first-order valence-corrected chi connectivity index (χ1v) is 5.08. The Balaban J connectivity index is 2.37. The first-order valence-electron chi connectivity index (χ1n) is 5.08. The molecule has 1 aliphatic carbocycles. The molecule has 0 atom stereocenters. The minimum absolute atomic E-state index is 0.0486. The second kappa shape index (κ2) is 3.79. The Kier molecular flexibility index (Phi) is 2.49. The van der Waals surface area contributed by atoms with E-state index in [2.05, 4.69) is 12.6 Å². The minimum Gasteiger partial charge on any atom is -0.289 e. The van der Waals surface area contributed by atoms with Gasteiger partial charge < -0.3 is 0 Å². The van der Waals surface area contributed by atoms with Crippen LogP contribution in [-0.2, 0) is 0 Å². The molecule has 1 aromatic rings. The van der Waals surface area contributed by atoms with E-state index in [9.17, 15) is 4.79 Å². The molecule has 0 heterocycles. The van der Waals surface area contributed by atoms with Gasteiger partial charge in [-0.3, -0.25) is 4.79 Å². The van der Waals surface area contributed by atoms with Gasteiger partial charge >= 0.3 is 0 Å². The number of benzene rings is 1. The van der Waals surface area contributed by atoms with E-state index in [1.54, 1.807) is 0 Å². The maximum Gasteiger partial charge on any atom is 0.185 e. The topological polar surface area (TPSA) is 17.1 Å². The zero-order valence-electron chi connectivity index (χ0n) is 8.20. The monoisotopic (exact) mass is 186 g/mol. The summed E-state index contributed by atoms with van der Waals surface area (Å²) in [5.74, 6) is 0.655. The normalized spacial score (nSPS) is 16.0. The Morgan fingerprint density at radius 1 is 1.36 bits per heavy atom. The van der Waals surface area contributed by atoms with Crippen molar-refractivity contribution in [3.05, 3.63) is 48.0 Å². The minimum atomic E-state index is 0.0486. The van der Waals surface area contributed by atoms with Crippen LogP contribution in [0.15, 0.2) is 36.9 Å². The molecular weight excluding hydrogens is 172 g/mol. The van der Waals surface area contributed by atoms with Crippen molar-refractivity contribution in [3.8, 4) is 0 Å². The van der Waals surface area contributed by atoms with Crippen molar-refractivity contribution in [3.63, 3.8) is 0 Å². The molecule has 1 saturated carbocycles. The Morgan fingerprint density at radius 2 is 2.07 bits per heavy atom. The Bertz CT molecular complexity index is 361. The summed E-state index contributed by atoms with van der Waals surface area (Å²) in [4.78, 5) is 11.6. The van der Waals surface area contributed by atoms with Crippen LogP contribution in [-0.4, -0.2) is 5.78 Å². The third-order valence-electron chi connectivity index (χ3n) is 2.96. The summed E-state index contributed by atoms with van der Waals surface area (Å²) in [7, 11) is 0. The largest absolute Gasteiger partial charge is 0.289 e. The van der Waals surface area contributed by atoms with Crippen LogP contribution in [0.4, 0.5) is 0 Å². The number of hydrogen-bond donors (Lipinski definition) is 0. The van der Waals surface area contributed by atoms with Crippen molar-refractivity contribution >= 4 is 5.78 Å². The average molecular weight is 186 g/mol. The molecule has 1 fully saturated rings. The predicted molar refractivity (Wildman–Crippen MR) is 57.6 cm³/mol. The van der Waals surface area contributed by atoms with Gasteiger partial charge in [0.1, 0.15) is 0 Å². The van der Waals surface area contributed by atoms with Gasteiger partial charge in [0.25, 0.3) is 0 Å². The van der Waals surface area contributed by atoms with Crippen LogP contribution in [0.25, 0.3) is 0 Å². The quantitative estimate of drug-likeness (QED) is 0.522. The Morgan fingerprint density at radius 3 is 2.64 bits per heavy atom. The lowest BCUT2D eigenvalue weighted by Gasteiger charge is -2.27. The maximum absolute atomic E-state index is 11.6. The van der Waals surface area contributed by atoms with Gasteiger partial charge in [0.05, 0.1) is 0 Å². The van der Waals surface area contributed by atoms with Gasteiger partial charge in [0.15, 0.2) is 5.78 Å². The van der Waals surface area contributed by atoms with E-state index in [-0.39, 0.29) is 5.78 Å². The summed E-state index contributed by atoms with van der Waals surface area (Å²) in [6.07, 6.45) is 5.14. The molecule has 0 aromatic heterocycles. The van der Waals surface area contributed by atoms with E-state index in [0.717, 1.165) is 5.56 Å². The SMILES string of the molecule is C=CC(=O)c1ccccc1C1CCC1. The fourth-order valence-electron chi connectivity index (χ4n) is 1.91. The molecule has 0 unspecified atom stereocenters. The molecule has 72 valence electrons. The Labute approximate surface area is 84.5 Å². The molecule has 1 heteroatoms. The van der Waals surface area contributed by atoms with E-state index >= 15 is 0 Å². The molecular formula is C13H14O. The van der Waals surface area contributed by atoms with Crippen LogP contribution in [0.1, 0.15) is 41.1 Å². The second-order valence-electron chi connectivity index (χ2n) is 3.78. The van der Waals surface area contributed by atoms with Crippen LogP contribution in [0.2, 0.25) is 0 Å². The summed E-state index contributed by atoms with van der Waals surface area (Å²) in [5.41, 5.74) is 2.05. The smallest absolute Gasteiger partial charge is 0.185 e. The van der Waals surface area contributed by atoms with Crippen LogP contribution < -0.4 is 0 Å². The van der Waals surface area contributed by atoms with Crippen molar-refractivity contribution in [1.29, 1.82) is 0 Å². The highest BCUT2D eigenvalue weighted by molar-refractivity contribution is 6.05. The lowest BCUT2D eigenvalue weighted by atomic mass is 9.77. The molecule has 14 heavy (non-hydrogen) atoms. The summed E-state index contributed by atoms with van der Waals surface area (Å²) in [6, 6.07) is 7.89. The van der Waals surface area contributed by atoms with Gasteiger partial charge in [0.2, 0.25) is 0 Å². The fourth-order valence-corrected chi connectivity index (χ4v) is 1.91. The molecule has 0 amide bonds. The van der Waals surface area contributed by atoms with Crippen LogP contribution >= 0.6 is 0 Å². The van der Waals surface area contributed by atoms with E-state index in [1.807, 2.05) is 18.2 Å². The third kappa shape index (κ3) is 1.50. The summed E-state index contributed by atoms with van der Waals surface area (Å²) >= 11 is 0. The molecule has 1 aromatic carbocycles. The number of allylic oxidation sites excluding steroid dienone is 1. The molecule has 1 aliphatic rings. The van der Waals surface area contributed by atoms with Crippen LogP contribution in [0.3, 0.4) is 0 Å². The molecule has 0 spiro atoms.